The Morgan fingerprint density at radius 2 is 1.74 bits per heavy atom. The molecule has 0 heterocycles. The van der Waals surface area contributed by atoms with Gasteiger partial charge in [-0.15, -0.1) is 11.8 Å². The SMILES string of the molecule is Cc1cc(C)cc(CSc2ccc(Cl)cc2CO)c1. The van der Waals surface area contributed by atoms with Crippen molar-refractivity contribution in [1.82, 2.24) is 0 Å². The number of halogens is 1. The van der Waals surface area contributed by atoms with Gasteiger partial charge in [-0.25, -0.2) is 0 Å². The third-order valence-corrected chi connectivity index (χ3v) is 4.29. The molecule has 100 valence electrons. The molecule has 0 spiro atoms. The fourth-order valence-electron chi connectivity index (χ4n) is 2.13. The van der Waals surface area contributed by atoms with Crippen LogP contribution in [-0.4, -0.2) is 5.11 Å². The molecule has 0 fully saturated rings. The van der Waals surface area contributed by atoms with Crippen LogP contribution in [-0.2, 0) is 12.4 Å². The van der Waals surface area contributed by atoms with Crippen molar-refractivity contribution in [1.29, 1.82) is 0 Å². The number of aliphatic hydroxyl groups excluding tert-OH is 1. The van der Waals surface area contributed by atoms with Crippen LogP contribution in [0.1, 0.15) is 22.3 Å². The Morgan fingerprint density at radius 3 is 2.37 bits per heavy atom. The first-order valence-corrected chi connectivity index (χ1v) is 7.54. The zero-order chi connectivity index (χ0) is 13.8. The van der Waals surface area contributed by atoms with Gasteiger partial charge in [-0.1, -0.05) is 40.9 Å². The largest absolute Gasteiger partial charge is 0.392 e. The quantitative estimate of drug-likeness (QED) is 0.821. The van der Waals surface area contributed by atoms with Gasteiger partial charge in [0.05, 0.1) is 6.61 Å². The van der Waals surface area contributed by atoms with Crippen LogP contribution in [0.3, 0.4) is 0 Å². The molecule has 0 bridgehead atoms. The fraction of sp³-hybridized carbons (Fsp3) is 0.250. The molecule has 1 N–H and O–H groups in total. The van der Waals surface area contributed by atoms with E-state index in [0.29, 0.717) is 5.02 Å². The highest BCUT2D eigenvalue weighted by Gasteiger charge is 2.04. The molecule has 0 aliphatic rings. The Bertz CT molecular complexity index is 561. The van der Waals surface area contributed by atoms with Crippen molar-refractivity contribution in [3.63, 3.8) is 0 Å². The van der Waals surface area contributed by atoms with E-state index in [0.717, 1.165) is 16.2 Å². The monoisotopic (exact) mass is 292 g/mol. The fourth-order valence-corrected chi connectivity index (χ4v) is 3.28. The first-order valence-electron chi connectivity index (χ1n) is 6.18. The predicted octanol–water partition coefficient (Wildman–Crippen LogP) is 4.74. The number of benzene rings is 2. The van der Waals surface area contributed by atoms with Crippen LogP contribution in [0.4, 0.5) is 0 Å². The lowest BCUT2D eigenvalue weighted by atomic mass is 10.1. The highest BCUT2D eigenvalue weighted by Crippen LogP contribution is 2.29. The van der Waals surface area contributed by atoms with Crippen LogP contribution < -0.4 is 0 Å². The molecule has 0 saturated carbocycles. The summed E-state index contributed by atoms with van der Waals surface area (Å²) >= 11 is 7.67. The molecule has 0 atom stereocenters. The maximum atomic E-state index is 9.36. The molecule has 2 aromatic rings. The molecule has 19 heavy (non-hydrogen) atoms. The Hall–Kier alpha value is -0.960. The molecule has 0 aliphatic heterocycles. The predicted molar refractivity (Wildman–Crippen MR) is 82.9 cm³/mol. The molecule has 0 unspecified atom stereocenters. The van der Waals surface area contributed by atoms with Gasteiger partial charge in [-0.3, -0.25) is 0 Å². The van der Waals surface area contributed by atoms with Gasteiger partial charge in [0, 0.05) is 15.7 Å². The number of hydrogen-bond acceptors (Lipinski definition) is 2. The average Bonchev–Trinajstić information content (AvgIpc) is 2.36. The van der Waals surface area contributed by atoms with Crippen LogP contribution in [0.2, 0.25) is 5.02 Å². The Labute approximate surface area is 123 Å². The van der Waals surface area contributed by atoms with Gasteiger partial charge >= 0.3 is 0 Å². The number of thioether (sulfide) groups is 1. The lowest BCUT2D eigenvalue weighted by molar-refractivity contribution is 0.279. The summed E-state index contributed by atoms with van der Waals surface area (Å²) in [5, 5.41) is 10.0. The van der Waals surface area contributed by atoms with E-state index in [4.69, 9.17) is 11.6 Å². The molecular formula is C16H17ClOS. The van der Waals surface area contributed by atoms with E-state index in [1.807, 2.05) is 18.2 Å². The lowest BCUT2D eigenvalue weighted by Crippen LogP contribution is -1.90. The van der Waals surface area contributed by atoms with E-state index in [1.165, 1.54) is 16.7 Å². The van der Waals surface area contributed by atoms with E-state index in [-0.39, 0.29) is 6.61 Å². The third kappa shape index (κ3) is 4.00. The molecule has 2 aromatic carbocycles. The van der Waals surface area contributed by atoms with Crippen molar-refractivity contribution < 1.29 is 5.11 Å². The summed E-state index contributed by atoms with van der Waals surface area (Å²) in [6.45, 7) is 4.25. The van der Waals surface area contributed by atoms with Crippen molar-refractivity contribution in [2.45, 2.75) is 31.1 Å². The summed E-state index contributed by atoms with van der Waals surface area (Å²) in [6, 6.07) is 12.2. The Morgan fingerprint density at radius 1 is 1.05 bits per heavy atom. The zero-order valence-corrected chi connectivity index (χ0v) is 12.7. The van der Waals surface area contributed by atoms with Gasteiger partial charge in [0.15, 0.2) is 0 Å². The summed E-state index contributed by atoms with van der Waals surface area (Å²) in [6.07, 6.45) is 0. The first kappa shape index (κ1) is 14.4. The van der Waals surface area contributed by atoms with E-state index in [9.17, 15) is 5.11 Å². The maximum Gasteiger partial charge on any atom is 0.0693 e. The average molecular weight is 293 g/mol. The molecule has 0 radical (unpaired) electrons. The minimum Gasteiger partial charge on any atom is -0.392 e. The van der Waals surface area contributed by atoms with Gasteiger partial charge in [-0.05, 0) is 43.2 Å². The third-order valence-electron chi connectivity index (χ3n) is 2.87. The Balaban J connectivity index is 2.14. The van der Waals surface area contributed by atoms with Gasteiger partial charge in [-0.2, -0.15) is 0 Å². The highest BCUT2D eigenvalue weighted by atomic mass is 35.5. The second-order valence-electron chi connectivity index (χ2n) is 4.69. The topological polar surface area (TPSA) is 20.2 Å². The molecule has 0 amide bonds. The van der Waals surface area contributed by atoms with E-state index in [1.54, 1.807) is 11.8 Å². The number of aryl methyl sites for hydroxylation is 2. The number of hydrogen-bond donors (Lipinski definition) is 1. The van der Waals surface area contributed by atoms with Crippen molar-refractivity contribution in [2.75, 3.05) is 0 Å². The summed E-state index contributed by atoms with van der Waals surface area (Å²) in [4.78, 5) is 1.09. The van der Waals surface area contributed by atoms with Gasteiger partial charge in [0.25, 0.3) is 0 Å². The molecule has 0 aliphatic carbocycles. The summed E-state index contributed by atoms with van der Waals surface area (Å²) in [5.74, 6) is 0.900. The van der Waals surface area contributed by atoms with Crippen LogP contribution in [0.15, 0.2) is 41.3 Å². The van der Waals surface area contributed by atoms with Crippen molar-refractivity contribution in [3.8, 4) is 0 Å². The standard InChI is InChI=1S/C16H17ClOS/c1-11-5-12(2)7-13(6-11)10-19-16-4-3-15(17)8-14(16)9-18/h3-8,18H,9-10H2,1-2H3. The summed E-state index contributed by atoms with van der Waals surface area (Å²) < 4.78 is 0. The Kier molecular flexibility index (Phi) is 4.92. The highest BCUT2D eigenvalue weighted by molar-refractivity contribution is 7.98. The second kappa shape index (κ2) is 6.47. The molecule has 2 rings (SSSR count). The van der Waals surface area contributed by atoms with Crippen molar-refractivity contribution in [2.24, 2.45) is 0 Å². The van der Waals surface area contributed by atoms with E-state index < -0.39 is 0 Å². The molecular weight excluding hydrogens is 276 g/mol. The summed E-state index contributed by atoms with van der Waals surface area (Å²) in [5.41, 5.74) is 4.77. The van der Waals surface area contributed by atoms with E-state index >= 15 is 0 Å². The lowest BCUT2D eigenvalue weighted by Gasteiger charge is -2.09. The minimum absolute atomic E-state index is 0.0236. The summed E-state index contributed by atoms with van der Waals surface area (Å²) in [7, 11) is 0. The molecule has 3 heteroatoms. The van der Waals surface area contributed by atoms with Crippen molar-refractivity contribution >= 4 is 23.4 Å². The van der Waals surface area contributed by atoms with Crippen molar-refractivity contribution in [3.05, 3.63) is 63.7 Å². The molecule has 0 aromatic heterocycles. The second-order valence-corrected chi connectivity index (χ2v) is 6.15. The number of aliphatic hydroxyl groups is 1. The van der Waals surface area contributed by atoms with Crippen LogP contribution in [0, 0.1) is 13.8 Å². The van der Waals surface area contributed by atoms with Gasteiger partial charge in [0.2, 0.25) is 0 Å². The van der Waals surface area contributed by atoms with Crippen LogP contribution in [0.5, 0.6) is 0 Å². The first-order chi connectivity index (χ1) is 9.08. The zero-order valence-electron chi connectivity index (χ0n) is 11.1. The molecule has 1 nitrogen and oxygen atoms in total. The minimum atomic E-state index is 0.0236. The normalized spacial score (nSPS) is 10.7. The van der Waals surface area contributed by atoms with Crippen LogP contribution in [0.25, 0.3) is 0 Å². The van der Waals surface area contributed by atoms with Gasteiger partial charge < -0.3 is 5.11 Å². The van der Waals surface area contributed by atoms with Crippen LogP contribution >= 0.6 is 23.4 Å². The maximum absolute atomic E-state index is 9.36. The number of rotatable bonds is 4. The van der Waals surface area contributed by atoms with E-state index in [2.05, 4.69) is 32.0 Å². The molecule has 0 saturated heterocycles. The smallest absolute Gasteiger partial charge is 0.0693 e. The van der Waals surface area contributed by atoms with Gasteiger partial charge in [0.1, 0.15) is 0 Å².